The molecule has 3 N–H and O–H groups in total. The van der Waals surface area contributed by atoms with Crippen LogP contribution < -0.4 is 33.9 Å². The van der Waals surface area contributed by atoms with E-state index in [0.29, 0.717) is 22.5 Å². The second kappa shape index (κ2) is 12.7. The van der Waals surface area contributed by atoms with Gasteiger partial charge in [-0.2, -0.15) is 0 Å². The number of nitrogens with zero attached hydrogens (tertiary/aromatic N) is 3. The Bertz CT molecular complexity index is 1130. The van der Waals surface area contributed by atoms with Crippen LogP contribution in [0.1, 0.15) is 45.3 Å². The Morgan fingerprint density at radius 3 is 2.29 bits per heavy atom. The first kappa shape index (κ1) is 30.1. The number of hydrogen-bond donors (Lipinski definition) is 3. The first-order valence-corrected chi connectivity index (χ1v) is 12.0. The Morgan fingerprint density at radius 1 is 1.21 bits per heavy atom. The Balaban J connectivity index is 0.00000578. The molecule has 9 nitrogen and oxygen atoms in total. The van der Waals surface area contributed by atoms with Gasteiger partial charge in [0.1, 0.15) is 5.82 Å². The summed E-state index contributed by atoms with van der Waals surface area (Å²) in [4.78, 5) is 19.6. The van der Waals surface area contributed by atoms with Gasteiger partial charge in [-0.05, 0) is 30.2 Å². The van der Waals surface area contributed by atoms with Crippen LogP contribution in [0.2, 0.25) is 0 Å². The third kappa shape index (κ3) is 8.40. The van der Waals surface area contributed by atoms with E-state index >= 15 is 0 Å². The predicted molar refractivity (Wildman–Crippen MR) is 124 cm³/mol. The van der Waals surface area contributed by atoms with Crippen LogP contribution in [0, 0.1) is 5.82 Å². The summed E-state index contributed by atoms with van der Waals surface area (Å²) in [5.74, 6) is -1.87. The molecule has 0 amide bonds. The number of carbonyl (C=O) groups is 1. The third-order valence-corrected chi connectivity index (χ3v) is 5.97. The molecule has 2 aromatic rings. The normalized spacial score (nSPS) is 13.5. The van der Waals surface area contributed by atoms with Crippen molar-refractivity contribution < 1.29 is 63.9 Å². The fraction of sp³-hybridized carbons (Fsp3) is 0.409. The molecule has 0 spiro atoms. The van der Waals surface area contributed by atoms with Crippen LogP contribution in [0.5, 0.6) is 0 Å². The molecule has 0 saturated heterocycles. The van der Waals surface area contributed by atoms with Crippen molar-refractivity contribution in [1.29, 1.82) is 0 Å². The number of aliphatic hydroxyl groups excluding tert-OH is 2. The van der Waals surface area contributed by atoms with Crippen molar-refractivity contribution in [3.8, 4) is 11.3 Å². The summed E-state index contributed by atoms with van der Waals surface area (Å²) in [6.45, 7) is 3.71. The topological polar surface area (TPSA) is 141 Å². The summed E-state index contributed by atoms with van der Waals surface area (Å²) in [6.07, 6.45) is 0.860. The smallest absolute Gasteiger partial charge is 1.00 e. The van der Waals surface area contributed by atoms with E-state index in [-0.39, 0.29) is 49.3 Å². The molecule has 1 heterocycles. The molecule has 2 unspecified atom stereocenters. The number of aliphatic hydroxyl groups is 2. The van der Waals surface area contributed by atoms with Crippen LogP contribution in [0.4, 0.5) is 10.3 Å². The van der Waals surface area contributed by atoms with E-state index in [4.69, 9.17) is 5.11 Å². The van der Waals surface area contributed by atoms with Crippen molar-refractivity contribution in [3.63, 3.8) is 0 Å². The third-order valence-electron chi connectivity index (χ3n) is 4.82. The number of sulfonamides is 1. The Labute approximate surface area is 222 Å². The average molecular weight is 506 g/mol. The molecule has 1 aromatic heterocycles. The molecule has 0 saturated carbocycles. The molecule has 0 radical (unpaired) electrons. The second-order valence-corrected chi connectivity index (χ2v) is 9.99. The van der Waals surface area contributed by atoms with Crippen molar-refractivity contribution in [2.75, 3.05) is 17.6 Å². The maximum Gasteiger partial charge on any atom is 1.00 e. The van der Waals surface area contributed by atoms with Crippen molar-refractivity contribution in [2.24, 2.45) is 0 Å². The number of rotatable bonds is 10. The van der Waals surface area contributed by atoms with E-state index in [0.717, 1.165) is 10.6 Å². The summed E-state index contributed by atoms with van der Waals surface area (Å²) in [5, 5.41) is 28.8. The Kier molecular flexibility index (Phi) is 11.3. The average Bonchev–Trinajstić information content (AvgIpc) is 2.70. The number of carboxylic acid groups (broad SMARTS) is 1. The number of anilines is 1. The number of aromatic nitrogens is 2. The molecule has 0 aliphatic carbocycles. The van der Waals surface area contributed by atoms with E-state index < -0.39 is 40.4 Å². The van der Waals surface area contributed by atoms with E-state index in [9.17, 15) is 27.8 Å². The van der Waals surface area contributed by atoms with Gasteiger partial charge in [0.25, 0.3) is 0 Å². The van der Waals surface area contributed by atoms with Crippen LogP contribution in [0.3, 0.4) is 0 Å². The quantitative estimate of drug-likeness (QED) is 0.368. The molecular formula is C22H29FN3NaO6S. The van der Waals surface area contributed by atoms with Gasteiger partial charge >= 0.3 is 35.5 Å². The molecular weight excluding hydrogens is 476 g/mol. The minimum Gasteiger partial charge on any atom is -1.00 e. The van der Waals surface area contributed by atoms with Crippen LogP contribution in [0.15, 0.2) is 30.3 Å². The van der Waals surface area contributed by atoms with Crippen LogP contribution in [-0.4, -0.2) is 65.2 Å². The molecule has 0 bridgehead atoms. The molecule has 0 aliphatic rings. The van der Waals surface area contributed by atoms with Crippen molar-refractivity contribution in [1.82, 2.24) is 9.97 Å². The number of aliphatic carboxylic acids is 1. The van der Waals surface area contributed by atoms with Gasteiger partial charge in [0.15, 0.2) is 0 Å². The van der Waals surface area contributed by atoms with Gasteiger partial charge in [0.05, 0.1) is 36.3 Å². The molecule has 0 fully saturated rings. The van der Waals surface area contributed by atoms with Crippen LogP contribution >= 0.6 is 0 Å². The zero-order valence-electron chi connectivity index (χ0n) is 20.8. The maximum atomic E-state index is 13.5. The molecule has 1 aromatic carbocycles. The molecule has 34 heavy (non-hydrogen) atoms. The summed E-state index contributed by atoms with van der Waals surface area (Å²) in [6, 6.07) is 5.49. The van der Waals surface area contributed by atoms with E-state index in [1.807, 2.05) is 13.8 Å². The van der Waals surface area contributed by atoms with Gasteiger partial charge in [-0.15, -0.1) is 0 Å². The van der Waals surface area contributed by atoms with Gasteiger partial charge < -0.3 is 16.7 Å². The zero-order valence-corrected chi connectivity index (χ0v) is 22.6. The molecule has 2 atom stereocenters. The van der Waals surface area contributed by atoms with Crippen LogP contribution in [-0.2, 0) is 14.8 Å². The van der Waals surface area contributed by atoms with Crippen molar-refractivity contribution >= 4 is 28.0 Å². The second-order valence-electron chi connectivity index (χ2n) is 7.98. The number of hydrogen-bond acceptors (Lipinski definition) is 7. The number of halogens is 1. The molecule has 12 heteroatoms. The Morgan fingerprint density at radius 2 is 1.79 bits per heavy atom. The SMILES string of the molecule is CC(C)c1nc(N(C)S(C)(=O)=O)nc(-c2ccc(F)cc2)c1/C=C/C(O)CC(O)CC(=O)O.[H-].[Na+]. The molecule has 2 rings (SSSR count). The van der Waals surface area contributed by atoms with Gasteiger partial charge in [0, 0.05) is 24.6 Å². The monoisotopic (exact) mass is 505 g/mol. The molecule has 0 aliphatic heterocycles. The van der Waals surface area contributed by atoms with Crippen molar-refractivity contribution in [3.05, 3.63) is 47.4 Å². The van der Waals surface area contributed by atoms with Gasteiger partial charge in [-0.1, -0.05) is 26.0 Å². The summed E-state index contributed by atoms with van der Waals surface area (Å²) in [7, 11) is -2.33. The minimum atomic E-state index is -3.65. The van der Waals surface area contributed by atoms with Crippen molar-refractivity contribution in [2.45, 2.75) is 44.8 Å². The van der Waals surface area contributed by atoms with Gasteiger partial charge in [0.2, 0.25) is 16.0 Å². The predicted octanol–water partition coefficient (Wildman–Crippen LogP) is -0.482. The van der Waals surface area contributed by atoms with E-state index in [1.54, 1.807) is 0 Å². The van der Waals surface area contributed by atoms with Gasteiger partial charge in [-0.3, -0.25) is 4.79 Å². The summed E-state index contributed by atoms with van der Waals surface area (Å²) < 4.78 is 38.6. The first-order valence-electron chi connectivity index (χ1n) is 10.2. The maximum absolute atomic E-state index is 13.5. The number of carboxylic acids is 1. The standard InChI is InChI=1S/C22H28FN3O6S.Na.H/c1-13(2)20-18(10-9-16(27)11-17(28)12-19(29)30)21(14-5-7-15(23)8-6-14)25-22(24-20)26(3)33(4,31)32;;/h5-10,13,16-17,27-28H,11-12H2,1-4H3,(H,29,30);;/q;+1;-1/b10-9+;;. The summed E-state index contributed by atoms with van der Waals surface area (Å²) >= 11 is 0. The molecule has 182 valence electrons. The van der Waals surface area contributed by atoms with E-state index in [1.165, 1.54) is 43.5 Å². The number of benzene rings is 1. The largest absolute Gasteiger partial charge is 1.00 e. The Hall–Kier alpha value is -1.89. The van der Waals surface area contributed by atoms with Gasteiger partial charge in [-0.25, -0.2) is 27.1 Å². The summed E-state index contributed by atoms with van der Waals surface area (Å²) in [5.41, 5.74) is 1.80. The van der Waals surface area contributed by atoms with E-state index in [2.05, 4.69) is 9.97 Å². The fourth-order valence-electron chi connectivity index (χ4n) is 3.05. The van der Waals surface area contributed by atoms with Crippen LogP contribution in [0.25, 0.3) is 17.3 Å². The first-order chi connectivity index (χ1) is 15.3. The minimum absolute atomic E-state index is 0. The zero-order chi connectivity index (χ0) is 24.9. The fourth-order valence-corrected chi connectivity index (χ4v) is 3.42.